The predicted octanol–water partition coefficient (Wildman–Crippen LogP) is 2.76. The molecule has 114 valence electrons. The molecular formula is C16H34N2O. The van der Waals surface area contributed by atoms with Crippen molar-refractivity contribution in [3.63, 3.8) is 0 Å². The lowest BCUT2D eigenvalue weighted by atomic mass is 9.90. The molecule has 19 heavy (non-hydrogen) atoms. The van der Waals surface area contributed by atoms with E-state index in [0.29, 0.717) is 6.04 Å². The zero-order chi connectivity index (χ0) is 14.1. The minimum absolute atomic E-state index is 0.675. The van der Waals surface area contributed by atoms with Crippen LogP contribution in [0.3, 0.4) is 0 Å². The lowest BCUT2D eigenvalue weighted by Gasteiger charge is -2.35. The van der Waals surface area contributed by atoms with Crippen molar-refractivity contribution in [2.24, 2.45) is 11.8 Å². The van der Waals surface area contributed by atoms with Crippen LogP contribution in [0.5, 0.6) is 0 Å². The van der Waals surface area contributed by atoms with Crippen LogP contribution >= 0.6 is 0 Å². The summed E-state index contributed by atoms with van der Waals surface area (Å²) in [7, 11) is 0. The van der Waals surface area contributed by atoms with Gasteiger partial charge in [0, 0.05) is 19.2 Å². The van der Waals surface area contributed by atoms with E-state index in [2.05, 4.69) is 37.9 Å². The quantitative estimate of drug-likeness (QED) is 0.652. The molecule has 0 aromatic rings. The van der Waals surface area contributed by atoms with Crippen molar-refractivity contribution in [3.05, 3.63) is 0 Å². The highest BCUT2D eigenvalue weighted by atomic mass is 16.5. The third kappa shape index (κ3) is 7.28. The van der Waals surface area contributed by atoms with E-state index in [0.717, 1.165) is 38.1 Å². The van der Waals surface area contributed by atoms with Gasteiger partial charge in [0.15, 0.2) is 0 Å². The lowest BCUT2D eigenvalue weighted by molar-refractivity contribution is 0.0792. The minimum atomic E-state index is 0.675. The van der Waals surface area contributed by atoms with Gasteiger partial charge in [-0.2, -0.15) is 0 Å². The molecule has 0 aromatic heterocycles. The molecule has 1 aliphatic rings. The number of piperidine rings is 1. The number of nitrogens with one attached hydrogen (secondary N) is 1. The Bertz CT molecular complexity index is 213. The third-order valence-corrected chi connectivity index (χ3v) is 4.26. The monoisotopic (exact) mass is 270 g/mol. The first kappa shape index (κ1) is 16.9. The molecule has 1 unspecified atom stereocenters. The van der Waals surface area contributed by atoms with Gasteiger partial charge < -0.3 is 15.0 Å². The molecule has 1 heterocycles. The number of nitrogens with zero attached hydrogens (tertiary/aromatic N) is 1. The molecule has 1 fully saturated rings. The van der Waals surface area contributed by atoms with Gasteiger partial charge in [0.05, 0.1) is 6.61 Å². The molecule has 1 rings (SSSR count). The molecule has 1 aliphatic heterocycles. The van der Waals surface area contributed by atoms with E-state index in [-0.39, 0.29) is 0 Å². The van der Waals surface area contributed by atoms with Crippen LogP contribution < -0.4 is 5.32 Å². The largest absolute Gasteiger partial charge is 0.380 e. The summed E-state index contributed by atoms with van der Waals surface area (Å²) in [5.41, 5.74) is 0. The van der Waals surface area contributed by atoms with Crippen molar-refractivity contribution >= 4 is 0 Å². The Labute approximate surface area is 120 Å². The predicted molar refractivity (Wildman–Crippen MR) is 82.6 cm³/mol. The fourth-order valence-corrected chi connectivity index (χ4v) is 2.78. The molecule has 0 radical (unpaired) electrons. The first-order chi connectivity index (χ1) is 9.13. The molecule has 0 aromatic carbocycles. The fourth-order valence-electron chi connectivity index (χ4n) is 2.78. The molecule has 0 amide bonds. The van der Waals surface area contributed by atoms with E-state index in [4.69, 9.17) is 4.74 Å². The second kappa shape index (κ2) is 9.73. The molecule has 1 N–H and O–H groups in total. The summed E-state index contributed by atoms with van der Waals surface area (Å²) in [5, 5.41) is 3.56. The maximum Gasteiger partial charge on any atom is 0.0593 e. The van der Waals surface area contributed by atoms with Crippen LogP contribution in [0.25, 0.3) is 0 Å². The lowest BCUT2D eigenvalue weighted by Crippen LogP contribution is -2.42. The van der Waals surface area contributed by atoms with Crippen LogP contribution in [-0.2, 0) is 4.74 Å². The zero-order valence-corrected chi connectivity index (χ0v) is 13.5. The van der Waals surface area contributed by atoms with Crippen molar-refractivity contribution in [3.8, 4) is 0 Å². The third-order valence-electron chi connectivity index (χ3n) is 4.26. The van der Waals surface area contributed by atoms with Crippen molar-refractivity contribution in [2.45, 2.75) is 53.0 Å². The summed E-state index contributed by atoms with van der Waals surface area (Å²) in [6, 6.07) is 0.675. The van der Waals surface area contributed by atoms with Crippen LogP contribution in [0.1, 0.15) is 47.0 Å². The second-order valence-electron chi connectivity index (χ2n) is 6.32. The van der Waals surface area contributed by atoms with Gasteiger partial charge in [-0.25, -0.2) is 0 Å². The Hall–Kier alpha value is -0.120. The molecule has 0 aliphatic carbocycles. The van der Waals surface area contributed by atoms with Crippen molar-refractivity contribution < 1.29 is 4.74 Å². The standard InChI is InChI=1S/C16H34N2O/c1-5-17-15(4)16-6-9-18(10-7-16)11-13-19-12-8-14(2)3/h14-17H,5-13H2,1-4H3. The summed E-state index contributed by atoms with van der Waals surface area (Å²) in [6.45, 7) is 15.5. The number of likely N-dealkylation sites (tertiary alicyclic amines) is 1. The summed E-state index contributed by atoms with van der Waals surface area (Å²) in [5.74, 6) is 1.61. The van der Waals surface area contributed by atoms with Gasteiger partial charge in [0.1, 0.15) is 0 Å². The fraction of sp³-hybridized carbons (Fsp3) is 1.00. The smallest absolute Gasteiger partial charge is 0.0593 e. The highest BCUT2D eigenvalue weighted by molar-refractivity contribution is 4.79. The first-order valence-electron chi connectivity index (χ1n) is 8.17. The number of rotatable bonds is 9. The van der Waals surface area contributed by atoms with E-state index < -0.39 is 0 Å². The maximum atomic E-state index is 5.71. The van der Waals surface area contributed by atoms with Crippen molar-refractivity contribution in [1.29, 1.82) is 0 Å². The van der Waals surface area contributed by atoms with Crippen LogP contribution in [0.4, 0.5) is 0 Å². The van der Waals surface area contributed by atoms with Gasteiger partial charge in [-0.15, -0.1) is 0 Å². The first-order valence-corrected chi connectivity index (χ1v) is 8.17. The molecule has 0 saturated carbocycles. The Morgan fingerprint density at radius 3 is 2.42 bits per heavy atom. The van der Waals surface area contributed by atoms with E-state index in [1.807, 2.05) is 0 Å². The average molecular weight is 270 g/mol. The molecule has 1 atom stereocenters. The van der Waals surface area contributed by atoms with Gasteiger partial charge >= 0.3 is 0 Å². The second-order valence-corrected chi connectivity index (χ2v) is 6.32. The zero-order valence-electron chi connectivity index (χ0n) is 13.5. The van der Waals surface area contributed by atoms with Gasteiger partial charge in [-0.1, -0.05) is 20.8 Å². The Morgan fingerprint density at radius 2 is 1.84 bits per heavy atom. The van der Waals surface area contributed by atoms with Crippen LogP contribution in [-0.4, -0.2) is 50.3 Å². The van der Waals surface area contributed by atoms with E-state index in [9.17, 15) is 0 Å². The van der Waals surface area contributed by atoms with Gasteiger partial charge in [0.25, 0.3) is 0 Å². The topological polar surface area (TPSA) is 24.5 Å². The molecule has 1 saturated heterocycles. The molecule has 3 heteroatoms. The summed E-state index contributed by atoms with van der Waals surface area (Å²) < 4.78 is 5.71. The Morgan fingerprint density at radius 1 is 1.16 bits per heavy atom. The summed E-state index contributed by atoms with van der Waals surface area (Å²) in [4.78, 5) is 2.56. The van der Waals surface area contributed by atoms with Gasteiger partial charge in [-0.05, 0) is 57.7 Å². The molecular weight excluding hydrogens is 236 g/mol. The molecule has 0 spiro atoms. The maximum absolute atomic E-state index is 5.71. The van der Waals surface area contributed by atoms with Crippen molar-refractivity contribution in [1.82, 2.24) is 10.2 Å². The van der Waals surface area contributed by atoms with Crippen LogP contribution in [0.2, 0.25) is 0 Å². The molecule has 3 nitrogen and oxygen atoms in total. The summed E-state index contributed by atoms with van der Waals surface area (Å²) >= 11 is 0. The number of hydrogen-bond acceptors (Lipinski definition) is 3. The van der Waals surface area contributed by atoms with Crippen LogP contribution in [0, 0.1) is 11.8 Å². The highest BCUT2D eigenvalue weighted by Crippen LogP contribution is 2.20. The van der Waals surface area contributed by atoms with E-state index in [1.165, 1.54) is 32.4 Å². The SMILES string of the molecule is CCNC(C)C1CCN(CCOCCC(C)C)CC1. The van der Waals surface area contributed by atoms with E-state index >= 15 is 0 Å². The summed E-state index contributed by atoms with van der Waals surface area (Å²) in [6.07, 6.45) is 3.85. The normalized spacial score (nSPS) is 20.1. The molecule has 0 bridgehead atoms. The van der Waals surface area contributed by atoms with Crippen LogP contribution in [0.15, 0.2) is 0 Å². The number of hydrogen-bond donors (Lipinski definition) is 1. The Balaban J connectivity index is 2.03. The minimum Gasteiger partial charge on any atom is -0.380 e. The average Bonchev–Trinajstić information content (AvgIpc) is 2.39. The number of ether oxygens (including phenoxy) is 1. The van der Waals surface area contributed by atoms with Gasteiger partial charge in [-0.3, -0.25) is 0 Å². The Kier molecular flexibility index (Phi) is 8.67. The van der Waals surface area contributed by atoms with Gasteiger partial charge in [0.2, 0.25) is 0 Å². The van der Waals surface area contributed by atoms with Crippen molar-refractivity contribution in [2.75, 3.05) is 39.4 Å². The van der Waals surface area contributed by atoms with E-state index in [1.54, 1.807) is 0 Å². The highest BCUT2D eigenvalue weighted by Gasteiger charge is 2.22.